The van der Waals surface area contributed by atoms with Crippen LogP contribution >= 0.6 is 0 Å². The van der Waals surface area contributed by atoms with Gasteiger partial charge in [0, 0.05) is 24.7 Å². The molecule has 0 N–H and O–H groups in total. The van der Waals surface area contributed by atoms with Crippen molar-refractivity contribution in [3.8, 4) is 0 Å². The molecule has 0 bridgehead atoms. The predicted octanol–water partition coefficient (Wildman–Crippen LogP) is 3.20. The highest BCUT2D eigenvalue weighted by molar-refractivity contribution is 6.03. The number of ether oxygens (including phenoxy) is 4. The third-order valence-corrected chi connectivity index (χ3v) is 5.58. The molecule has 1 atom stereocenters. The van der Waals surface area contributed by atoms with E-state index in [1.165, 1.54) is 14.2 Å². The van der Waals surface area contributed by atoms with Crippen molar-refractivity contribution < 1.29 is 33.3 Å². The van der Waals surface area contributed by atoms with Crippen LogP contribution in [0.25, 0.3) is 0 Å². The summed E-state index contributed by atoms with van der Waals surface area (Å²) in [6, 6.07) is 7.68. The Bertz CT molecular complexity index is 918. The van der Waals surface area contributed by atoms with E-state index in [4.69, 9.17) is 18.9 Å². The molecule has 9 heteroatoms. The van der Waals surface area contributed by atoms with Gasteiger partial charge in [-0.3, -0.25) is 0 Å². The molecule has 2 aliphatic heterocycles. The number of likely N-dealkylation sites (tertiary alicyclic amines) is 1. The second kappa shape index (κ2) is 10.2. The maximum absolute atomic E-state index is 12.5. The van der Waals surface area contributed by atoms with E-state index in [0.717, 1.165) is 18.4 Å². The number of anilines is 1. The lowest BCUT2D eigenvalue weighted by atomic mass is 9.90. The number of amides is 1. The van der Waals surface area contributed by atoms with Gasteiger partial charge in [-0.2, -0.15) is 0 Å². The van der Waals surface area contributed by atoms with Crippen LogP contribution in [0.1, 0.15) is 45.1 Å². The Morgan fingerprint density at radius 2 is 1.70 bits per heavy atom. The van der Waals surface area contributed by atoms with Crippen molar-refractivity contribution in [1.29, 1.82) is 0 Å². The molecule has 2 heterocycles. The molecular formula is C24H32N2O7. The summed E-state index contributed by atoms with van der Waals surface area (Å²) in [7, 11) is 2.52. The zero-order valence-corrected chi connectivity index (χ0v) is 19.9. The molecule has 3 rings (SSSR count). The fourth-order valence-electron chi connectivity index (χ4n) is 4.02. The fraction of sp³-hybridized carbons (Fsp3) is 0.542. The molecule has 9 nitrogen and oxygen atoms in total. The Kier molecular flexibility index (Phi) is 7.63. The average molecular weight is 461 g/mol. The van der Waals surface area contributed by atoms with Crippen LogP contribution < -0.4 is 4.90 Å². The molecule has 1 aromatic rings. The number of benzene rings is 1. The minimum Gasteiger partial charge on any atom is -0.466 e. The third-order valence-electron chi connectivity index (χ3n) is 5.58. The first-order chi connectivity index (χ1) is 15.6. The molecule has 0 saturated carbocycles. The average Bonchev–Trinajstić information content (AvgIpc) is 2.81. The smallest absolute Gasteiger partial charge is 0.410 e. The molecule has 1 fully saturated rings. The summed E-state index contributed by atoms with van der Waals surface area (Å²) in [5.74, 6) is -1.09. The van der Waals surface area contributed by atoms with Crippen molar-refractivity contribution in [2.75, 3.05) is 45.5 Å². The number of nitrogens with zero attached hydrogens (tertiary/aromatic N) is 2. The van der Waals surface area contributed by atoms with Crippen LogP contribution in [-0.2, 0) is 28.5 Å². The maximum Gasteiger partial charge on any atom is 0.410 e. The molecular weight excluding hydrogens is 428 g/mol. The van der Waals surface area contributed by atoms with Crippen molar-refractivity contribution in [3.05, 3.63) is 41.1 Å². The van der Waals surface area contributed by atoms with Gasteiger partial charge in [-0.25, -0.2) is 14.4 Å². The van der Waals surface area contributed by atoms with Gasteiger partial charge in [-0.15, -0.1) is 0 Å². The van der Waals surface area contributed by atoms with Crippen LogP contribution in [0.5, 0.6) is 0 Å². The predicted molar refractivity (Wildman–Crippen MR) is 121 cm³/mol. The third kappa shape index (κ3) is 5.84. The summed E-state index contributed by atoms with van der Waals surface area (Å²) in [5.41, 5.74) is 1.45. The summed E-state index contributed by atoms with van der Waals surface area (Å²) >= 11 is 0. The van der Waals surface area contributed by atoms with E-state index in [9.17, 15) is 14.4 Å². The molecule has 2 aliphatic rings. The summed E-state index contributed by atoms with van der Waals surface area (Å²) in [5, 5.41) is 0. The largest absolute Gasteiger partial charge is 0.466 e. The first-order valence-corrected chi connectivity index (χ1v) is 11.0. The van der Waals surface area contributed by atoms with Gasteiger partial charge >= 0.3 is 18.0 Å². The number of hydrogen-bond acceptors (Lipinski definition) is 8. The first-order valence-electron chi connectivity index (χ1n) is 11.0. The van der Waals surface area contributed by atoms with E-state index in [0.29, 0.717) is 18.8 Å². The topological polar surface area (TPSA) is 94.6 Å². The molecule has 1 unspecified atom stereocenters. The van der Waals surface area contributed by atoms with Gasteiger partial charge in [0.1, 0.15) is 18.0 Å². The van der Waals surface area contributed by atoms with E-state index in [-0.39, 0.29) is 36.6 Å². The lowest BCUT2D eigenvalue weighted by Gasteiger charge is -2.35. The Hall–Kier alpha value is -3.07. The van der Waals surface area contributed by atoms with Crippen molar-refractivity contribution in [2.45, 2.75) is 45.1 Å². The lowest BCUT2D eigenvalue weighted by molar-refractivity contribution is -0.140. The Balaban J connectivity index is 1.80. The highest BCUT2D eigenvalue weighted by Crippen LogP contribution is 2.31. The van der Waals surface area contributed by atoms with Crippen LogP contribution in [0, 0.1) is 0 Å². The van der Waals surface area contributed by atoms with Gasteiger partial charge in [-0.05, 0) is 51.3 Å². The van der Waals surface area contributed by atoms with Crippen molar-refractivity contribution in [1.82, 2.24) is 4.90 Å². The fourth-order valence-corrected chi connectivity index (χ4v) is 4.02. The zero-order valence-electron chi connectivity index (χ0n) is 19.9. The summed E-state index contributed by atoms with van der Waals surface area (Å²) in [6.07, 6.45) is 1.56. The number of carbonyl (C=O) groups is 3. The van der Waals surface area contributed by atoms with Crippen molar-refractivity contribution >= 4 is 23.7 Å². The number of carbonyl (C=O) groups excluding carboxylic acids is 3. The quantitative estimate of drug-likeness (QED) is 0.499. The number of hydrogen-bond donors (Lipinski definition) is 0. The minimum atomic E-state index is -0.638. The normalized spacial score (nSPS) is 19.2. The van der Waals surface area contributed by atoms with E-state index < -0.39 is 17.5 Å². The SMILES string of the molecule is COC(=O)C1=C(C(=O)OC)N(c2ccc(C3CCCN(C(=O)OC(C)(C)C)C3)cc2)COC1. The zero-order chi connectivity index (χ0) is 24.2. The van der Waals surface area contributed by atoms with Crippen LogP contribution in [0.2, 0.25) is 0 Å². The Morgan fingerprint density at radius 1 is 1.03 bits per heavy atom. The standard InChI is InChI=1S/C24H32N2O7/c1-24(2,3)33-23(29)25-12-6-7-17(13-25)16-8-10-18(11-9-16)26-15-32-14-19(21(27)30-4)20(26)22(28)31-5/h8-11,17H,6-7,12-15H2,1-5H3. The molecule has 1 saturated heterocycles. The van der Waals surface area contributed by atoms with Gasteiger partial charge in [0.2, 0.25) is 0 Å². The molecule has 1 aromatic carbocycles. The molecule has 180 valence electrons. The molecule has 0 aliphatic carbocycles. The second-order valence-corrected chi connectivity index (χ2v) is 9.07. The van der Waals surface area contributed by atoms with E-state index in [1.807, 2.05) is 45.0 Å². The highest BCUT2D eigenvalue weighted by atomic mass is 16.6. The maximum atomic E-state index is 12.5. The van der Waals surface area contributed by atoms with Gasteiger partial charge < -0.3 is 28.7 Å². The Labute approximate surface area is 194 Å². The van der Waals surface area contributed by atoms with Gasteiger partial charge in [0.15, 0.2) is 0 Å². The monoisotopic (exact) mass is 460 g/mol. The van der Waals surface area contributed by atoms with Crippen molar-refractivity contribution in [3.63, 3.8) is 0 Å². The molecule has 33 heavy (non-hydrogen) atoms. The van der Waals surface area contributed by atoms with Crippen LogP contribution in [0.15, 0.2) is 35.5 Å². The summed E-state index contributed by atoms with van der Waals surface area (Å²) in [4.78, 5) is 40.5. The summed E-state index contributed by atoms with van der Waals surface area (Å²) < 4.78 is 20.8. The lowest BCUT2D eigenvalue weighted by Crippen LogP contribution is -2.42. The molecule has 1 amide bonds. The van der Waals surface area contributed by atoms with Crippen molar-refractivity contribution in [2.24, 2.45) is 0 Å². The van der Waals surface area contributed by atoms with Gasteiger partial charge in [-0.1, -0.05) is 12.1 Å². The van der Waals surface area contributed by atoms with Crippen LogP contribution in [-0.4, -0.2) is 69.2 Å². The Morgan fingerprint density at radius 3 is 2.30 bits per heavy atom. The van der Waals surface area contributed by atoms with E-state index in [2.05, 4.69) is 0 Å². The number of esters is 2. The van der Waals surface area contributed by atoms with Gasteiger partial charge in [0.25, 0.3) is 0 Å². The number of rotatable bonds is 4. The number of piperidine rings is 1. The molecule has 0 aromatic heterocycles. The highest BCUT2D eigenvalue weighted by Gasteiger charge is 2.33. The minimum absolute atomic E-state index is 0.0335. The van der Waals surface area contributed by atoms with E-state index in [1.54, 1.807) is 9.80 Å². The first kappa shape index (κ1) is 24.6. The molecule has 0 spiro atoms. The molecule has 0 radical (unpaired) electrons. The second-order valence-electron chi connectivity index (χ2n) is 9.07. The van der Waals surface area contributed by atoms with E-state index >= 15 is 0 Å². The summed E-state index contributed by atoms with van der Waals surface area (Å²) in [6.45, 7) is 6.90. The van der Waals surface area contributed by atoms with Crippen LogP contribution in [0.4, 0.5) is 10.5 Å². The number of methoxy groups -OCH3 is 2. The van der Waals surface area contributed by atoms with Gasteiger partial charge in [0.05, 0.1) is 26.4 Å². The van der Waals surface area contributed by atoms with Crippen LogP contribution in [0.3, 0.4) is 0 Å².